The van der Waals surface area contributed by atoms with Gasteiger partial charge in [0.25, 0.3) is 0 Å². The van der Waals surface area contributed by atoms with Crippen LogP contribution in [0.15, 0.2) is 11.6 Å². The third kappa shape index (κ3) is 2.24. The summed E-state index contributed by atoms with van der Waals surface area (Å²) in [6, 6.07) is 0. The van der Waals surface area contributed by atoms with Crippen molar-refractivity contribution in [1.29, 1.82) is 0 Å². The van der Waals surface area contributed by atoms with E-state index in [4.69, 9.17) is 0 Å². The Morgan fingerprint density at radius 3 is 2.56 bits per heavy atom. The molecule has 3 saturated carbocycles. The Bertz CT molecular complexity index is 695. The van der Waals surface area contributed by atoms with Gasteiger partial charge in [-0.15, -0.1) is 0 Å². The van der Waals surface area contributed by atoms with E-state index in [1.54, 1.807) is 6.92 Å². The number of halogens is 1. The van der Waals surface area contributed by atoms with E-state index in [1.165, 1.54) is 5.57 Å². The largest absolute Gasteiger partial charge is 0.300 e. The number of hydrogen-bond acceptors (Lipinski definition) is 3. The number of alkyl halides is 1. The number of carbonyl (C=O) groups excluding carboxylic acids is 3. The summed E-state index contributed by atoms with van der Waals surface area (Å²) in [7, 11) is 0. The van der Waals surface area contributed by atoms with E-state index in [0.29, 0.717) is 24.0 Å². The highest BCUT2D eigenvalue weighted by Gasteiger charge is 2.66. The number of Topliss-reactive ketones (excluding diaryl/α,β-unsaturated/α-hetero) is 2. The monoisotopic (exact) mass is 454 g/mol. The van der Waals surface area contributed by atoms with Crippen LogP contribution in [0.3, 0.4) is 0 Å². The van der Waals surface area contributed by atoms with Crippen LogP contribution in [0, 0.1) is 34.5 Å². The van der Waals surface area contributed by atoms with Crippen molar-refractivity contribution >= 4 is 39.9 Å². The Morgan fingerprint density at radius 1 is 1.16 bits per heavy atom. The molecule has 0 aliphatic heterocycles. The van der Waals surface area contributed by atoms with E-state index in [-0.39, 0.29) is 38.2 Å². The molecule has 0 N–H and O–H groups in total. The van der Waals surface area contributed by atoms with Crippen molar-refractivity contribution in [3.05, 3.63) is 11.6 Å². The summed E-state index contributed by atoms with van der Waals surface area (Å²) in [5.41, 5.74) is 0.881. The fourth-order valence-electron chi connectivity index (χ4n) is 6.98. The summed E-state index contributed by atoms with van der Waals surface area (Å²) in [5, 5.41) is 0. The molecule has 136 valence electrons. The molecule has 4 aliphatic carbocycles. The van der Waals surface area contributed by atoms with Gasteiger partial charge in [0, 0.05) is 18.3 Å². The minimum absolute atomic E-state index is 0.0296. The van der Waals surface area contributed by atoms with Gasteiger partial charge in [0.2, 0.25) is 0 Å². The van der Waals surface area contributed by atoms with Crippen molar-refractivity contribution in [3.63, 3.8) is 0 Å². The van der Waals surface area contributed by atoms with Gasteiger partial charge < -0.3 is 0 Å². The van der Waals surface area contributed by atoms with Crippen LogP contribution in [0.25, 0.3) is 0 Å². The zero-order valence-electron chi connectivity index (χ0n) is 15.3. The molecule has 4 heteroatoms. The van der Waals surface area contributed by atoms with Crippen molar-refractivity contribution in [3.8, 4) is 0 Å². The highest BCUT2D eigenvalue weighted by molar-refractivity contribution is 14.1. The SMILES string of the molecule is CC(=O)[C@H]1CC[C@H]2[C@@H]3CCC4=CC(=O)CC[C@]4(C)[C@H]3C(=O)[C@H](I)[C@]12C. The molecule has 0 heterocycles. The molecule has 0 unspecified atom stereocenters. The van der Waals surface area contributed by atoms with E-state index < -0.39 is 0 Å². The molecule has 0 saturated heterocycles. The predicted octanol–water partition coefficient (Wildman–Crippen LogP) is 4.32. The number of carbonyl (C=O) groups is 3. The fourth-order valence-corrected chi connectivity index (χ4v) is 8.26. The molecule has 0 aromatic carbocycles. The molecule has 0 spiro atoms. The average molecular weight is 454 g/mol. The lowest BCUT2D eigenvalue weighted by Gasteiger charge is -2.58. The van der Waals surface area contributed by atoms with Crippen LogP contribution in [0.5, 0.6) is 0 Å². The van der Waals surface area contributed by atoms with E-state index in [1.807, 2.05) is 6.08 Å². The summed E-state index contributed by atoms with van der Waals surface area (Å²) in [4.78, 5) is 37.8. The van der Waals surface area contributed by atoms with Crippen LogP contribution in [-0.2, 0) is 14.4 Å². The van der Waals surface area contributed by atoms with Gasteiger partial charge >= 0.3 is 0 Å². The highest BCUT2D eigenvalue weighted by Crippen LogP contribution is 2.66. The van der Waals surface area contributed by atoms with Crippen LogP contribution in [0.2, 0.25) is 0 Å². The van der Waals surface area contributed by atoms with Gasteiger partial charge in [0.15, 0.2) is 5.78 Å². The van der Waals surface area contributed by atoms with Gasteiger partial charge in [0.05, 0.1) is 3.92 Å². The van der Waals surface area contributed by atoms with E-state index in [2.05, 4.69) is 36.4 Å². The Labute approximate surface area is 163 Å². The topological polar surface area (TPSA) is 51.2 Å². The Morgan fingerprint density at radius 2 is 1.88 bits per heavy atom. The summed E-state index contributed by atoms with van der Waals surface area (Å²) in [6.45, 7) is 6.14. The maximum Gasteiger partial charge on any atom is 0.155 e. The Hall–Kier alpha value is -0.520. The van der Waals surface area contributed by atoms with Crippen LogP contribution >= 0.6 is 22.6 Å². The first-order valence-electron chi connectivity index (χ1n) is 9.63. The van der Waals surface area contributed by atoms with E-state index >= 15 is 0 Å². The molecule has 0 aromatic heterocycles. The molecule has 3 nitrogen and oxygen atoms in total. The lowest BCUT2D eigenvalue weighted by Crippen LogP contribution is -2.60. The Balaban J connectivity index is 1.79. The van der Waals surface area contributed by atoms with E-state index in [0.717, 1.165) is 32.1 Å². The molecule has 0 radical (unpaired) electrons. The third-order valence-electron chi connectivity index (χ3n) is 8.25. The van der Waals surface area contributed by atoms with Crippen LogP contribution in [0.1, 0.15) is 59.3 Å². The number of hydrogen-bond donors (Lipinski definition) is 0. The second-order valence-electron chi connectivity index (χ2n) is 9.21. The normalized spacial score (nSPS) is 49.1. The van der Waals surface area contributed by atoms with E-state index in [9.17, 15) is 14.4 Å². The smallest absolute Gasteiger partial charge is 0.155 e. The molecule has 0 amide bonds. The molecule has 4 rings (SSSR count). The third-order valence-corrected chi connectivity index (χ3v) is 10.2. The summed E-state index contributed by atoms with van der Waals surface area (Å²) in [5.74, 6) is 1.73. The minimum Gasteiger partial charge on any atom is -0.300 e. The first kappa shape index (κ1) is 17.9. The van der Waals surface area contributed by atoms with Crippen molar-refractivity contribution in [1.82, 2.24) is 0 Å². The second kappa shape index (κ2) is 5.74. The fraction of sp³-hybridized carbons (Fsp3) is 0.762. The maximum absolute atomic E-state index is 13.6. The van der Waals surface area contributed by atoms with Gasteiger partial charge in [-0.2, -0.15) is 0 Å². The van der Waals surface area contributed by atoms with Crippen molar-refractivity contribution in [2.24, 2.45) is 34.5 Å². The van der Waals surface area contributed by atoms with Crippen molar-refractivity contribution in [2.45, 2.75) is 63.2 Å². The van der Waals surface area contributed by atoms with Crippen LogP contribution < -0.4 is 0 Å². The average Bonchev–Trinajstić information content (AvgIpc) is 2.91. The molecule has 3 fully saturated rings. The lowest BCUT2D eigenvalue weighted by atomic mass is 9.46. The lowest BCUT2D eigenvalue weighted by molar-refractivity contribution is -0.145. The predicted molar refractivity (Wildman–Crippen MR) is 104 cm³/mol. The number of rotatable bonds is 1. The van der Waals surface area contributed by atoms with Crippen LogP contribution in [-0.4, -0.2) is 21.3 Å². The first-order chi connectivity index (χ1) is 11.7. The molecular formula is C21H27IO3. The Kier molecular flexibility index (Phi) is 4.10. The molecule has 4 aliphatic rings. The minimum atomic E-state index is -0.188. The van der Waals surface area contributed by atoms with Gasteiger partial charge in [-0.3, -0.25) is 14.4 Å². The molecule has 25 heavy (non-hydrogen) atoms. The second-order valence-corrected chi connectivity index (χ2v) is 10.5. The number of fused-ring (bicyclic) bond motifs is 5. The first-order valence-corrected chi connectivity index (χ1v) is 10.9. The molecule has 7 atom stereocenters. The summed E-state index contributed by atoms with van der Waals surface area (Å²) >= 11 is 2.34. The highest BCUT2D eigenvalue weighted by atomic mass is 127. The van der Waals surface area contributed by atoms with Gasteiger partial charge in [0.1, 0.15) is 11.6 Å². The molecule has 0 bridgehead atoms. The standard InChI is InChI=1S/C21H27IO3/c1-11(23)15-6-7-16-14-5-4-12-10-13(24)8-9-20(12,2)17(14)18(25)19(22)21(15,16)3/h10,14-17,19H,4-9H2,1-3H3/t14-,15+,16-,17+,19-,20-,21+/m0/s1. The van der Waals surface area contributed by atoms with Gasteiger partial charge in [-0.05, 0) is 67.8 Å². The van der Waals surface area contributed by atoms with Crippen molar-refractivity contribution in [2.75, 3.05) is 0 Å². The zero-order chi connectivity index (χ0) is 18.1. The molecular weight excluding hydrogens is 427 g/mol. The van der Waals surface area contributed by atoms with Crippen LogP contribution in [0.4, 0.5) is 0 Å². The number of ketones is 3. The zero-order valence-corrected chi connectivity index (χ0v) is 17.5. The number of allylic oxidation sites excluding steroid dienone is 1. The maximum atomic E-state index is 13.6. The quantitative estimate of drug-likeness (QED) is 0.438. The molecule has 0 aromatic rings. The van der Waals surface area contributed by atoms with Gasteiger partial charge in [-0.25, -0.2) is 0 Å². The summed E-state index contributed by atoms with van der Waals surface area (Å²) < 4.78 is -0.0958. The van der Waals surface area contributed by atoms with Crippen molar-refractivity contribution < 1.29 is 14.4 Å². The van der Waals surface area contributed by atoms with Gasteiger partial charge in [-0.1, -0.05) is 42.0 Å². The summed E-state index contributed by atoms with van der Waals surface area (Å²) in [6.07, 6.45) is 7.18.